The first kappa shape index (κ1) is 24.4. The van der Waals surface area contributed by atoms with Crippen LogP contribution in [-0.2, 0) is 4.74 Å². The number of fused-ring (bicyclic) bond motifs is 1. The number of aldehydes is 1. The second kappa shape index (κ2) is 10.7. The van der Waals surface area contributed by atoms with Crippen LogP contribution in [-0.4, -0.2) is 37.9 Å². The Bertz CT molecular complexity index is 1400. The van der Waals surface area contributed by atoms with Crippen LogP contribution in [0, 0.1) is 0 Å². The Kier molecular flexibility index (Phi) is 7.27. The average Bonchev–Trinajstić information content (AvgIpc) is 3.26. The molecule has 0 aliphatic carbocycles. The highest BCUT2D eigenvalue weighted by molar-refractivity contribution is 6.35. The second-order valence-electron chi connectivity index (χ2n) is 8.44. The van der Waals surface area contributed by atoms with Gasteiger partial charge in [-0.3, -0.25) is 9.78 Å². The number of carbonyl (C=O) groups excluding carboxylic acids is 1. The maximum atomic E-state index is 10.9. The van der Waals surface area contributed by atoms with E-state index < -0.39 is 6.10 Å². The van der Waals surface area contributed by atoms with Crippen molar-refractivity contribution in [2.45, 2.75) is 38.5 Å². The molecule has 0 saturated carbocycles. The molecule has 36 heavy (non-hydrogen) atoms. The predicted octanol–water partition coefficient (Wildman–Crippen LogP) is 6.35. The molecular formula is C26H23Cl2N5O3. The molecule has 4 aromatic rings. The van der Waals surface area contributed by atoms with Crippen molar-refractivity contribution in [1.82, 2.24) is 25.0 Å². The minimum Gasteiger partial charge on any atom is -0.486 e. The van der Waals surface area contributed by atoms with E-state index in [9.17, 15) is 4.79 Å². The lowest BCUT2D eigenvalue weighted by Gasteiger charge is -2.23. The number of hydrogen-bond acceptors (Lipinski definition) is 7. The van der Waals surface area contributed by atoms with Crippen LogP contribution in [0.15, 0.2) is 42.7 Å². The number of benzene rings is 1. The zero-order valence-electron chi connectivity index (χ0n) is 19.5. The van der Waals surface area contributed by atoms with Crippen LogP contribution in [0.3, 0.4) is 0 Å². The zero-order chi connectivity index (χ0) is 25.1. The highest BCUT2D eigenvalue weighted by atomic mass is 35.5. The van der Waals surface area contributed by atoms with E-state index in [4.69, 9.17) is 37.8 Å². The summed E-state index contributed by atoms with van der Waals surface area (Å²) >= 11 is 12.7. The first-order valence-electron chi connectivity index (χ1n) is 11.6. The molecule has 2 unspecified atom stereocenters. The molecule has 184 valence electrons. The molecule has 0 spiro atoms. The van der Waals surface area contributed by atoms with E-state index in [0.717, 1.165) is 35.9 Å². The molecule has 0 amide bonds. The summed E-state index contributed by atoms with van der Waals surface area (Å²) in [4.78, 5) is 14.9. The van der Waals surface area contributed by atoms with Crippen LogP contribution in [0.1, 0.15) is 66.0 Å². The molecule has 2 atom stereocenters. The summed E-state index contributed by atoms with van der Waals surface area (Å²) in [7, 11) is 0. The van der Waals surface area contributed by atoms with E-state index in [1.165, 1.54) is 0 Å². The van der Waals surface area contributed by atoms with Crippen molar-refractivity contribution in [2.24, 2.45) is 0 Å². The Labute approximate surface area is 217 Å². The van der Waals surface area contributed by atoms with Gasteiger partial charge in [0.15, 0.2) is 12.5 Å². The molecule has 5 rings (SSSR count). The maximum absolute atomic E-state index is 10.9. The van der Waals surface area contributed by atoms with Gasteiger partial charge in [-0.25, -0.2) is 4.68 Å². The number of halogens is 2. The third-order valence-corrected chi connectivity index (χ3v) is 6.59. The minimum atomic E-state index is -0.396. The first-order valence-corrected chi connectivity index (χ1v) is 12.4. The molecule has 1 fully saturated rings. The Morgan fingerprint density at radius 1 is 1.08 bits per heavy atom. The van der Waals surface area contributed by atoms with E-state index in [2.05, 4.69) is 15.2 Å². The zero-order valence-corrected chi connectivity index (χ0v) is 21.0. The van der Waals surface area contributed by atoms with E-state index >= 15 is 0 Å². The van der Waals surface area contributed by atoms with Crippen LogP contribution in [0.2, 0.25) is 10.0 Å². The molecule has 1 saturated heterocycles. The van der Waals surface area contributed by atoms with Crippen molar-refractivity contribution in [2.75, 3.05) is 6.61 Å². The highest BCUT2D eigenvalue weighted by Gasteiger charge is 2.22. The van der Waals surface area contributed by atoms with Gasteiger partial charge in [-0.1, -0.05) is 23.2 Å². The Balaban J connectivity index is 1.51. The number of hydrogen-bond donors (Lipinski definition) is 0. The molecular weight excluding hydrogens is 501 g/mol. The summed E-state index contributed by atoms with van der Waals surface area (Å²) in [6.07, 6.45) is 9.94. The van der Waals surface area contributed by atoms with Crippen molar-refractivity contribution in [3.8, 4) is 5.75 Å². The monoisotopic (exact) mass is 523 g/mol. The Hall–Kier alpha value is -3.33. The molecule has 4 heterocycles. The normalized spacial score (nSPS) is 16.9. The lowest BCUT2D eigenvalue weighted by Crippen LogP contribution is -2.19. The van der Waals surface area contributed by atoms with Gasteiger partial charge in [-0.15, -0.1) is 5.10 Å². The van der Waals surface area contributed by atoms with E-state index in [-0.39, 0.29) is 11.9 Å². The predicted molar refractivity (Wildman–Crippen MR) is 138 cm³/mol. The van der Waals surface area contributed by atoms with Gasteiger partial charge in [0.1, 0.15) is 17.5 Å². The van der Waals surface area contributed by atoms with E-state index in [1.54, 1.807) is 24.5 Å². The highest BCUT2D eigenvalue weighted by Crippen LogP contribution is 2.35. The van der Waals surface area contributed by atoms with Gasteiger partial charge in [-0.05, 0) is 68.7 Å². The maximum Gasteiger partial charge on any atom is 0.170 e. The number of nitrogens with zero attached hydrogens (tertiary/aromatic N) is 5. The standard InChI is InChI=1S/C26H23Cl2N5O3/c1-16(26-21(27)13-29-14-22(26)28)36-19-8-10-24-20(12-19)23(32-33(24)25-4-2-3-11-35-25)9-7-17-5-6-18(15-34)31-30-17/h5-10,12-16,25H,2-4,11H2,1H3/b9-7+. The fourth-order valence-electron chi connectivity index (χ4n) is 4.22. The van der Waals surface area contributed by atoms with Crippen LogP contribution in [0.25, 0.3) is 23.1 Å². The third-order valence-electron chi connectivity index (χ3n) is 5.98. The summed E-state index contributed by atoms with van der Waals surface area (Å²) < 4.78 is 14.2. The van der Waals surface area contributed by atoms with Gasteiger partial charge in [-0.2, -0.15) is 10.2 Å². The van der Waals surface area contributed by atoms with E-state index in [0.29, 0.717) is 39.9 Å². The largest absolute Gasteiger partial charge is 0.486 e. The Morgan fingerprint density at radius 2 is 1.86 bits per heavy atom. The molecule has 1 aliphatic heterocycles. The van der Waals surface area contributed by atoms with Crippen LogP contribution < -0.4 is 4.74 Å². The summed E-state index contributed by atoms with van der Waals surface area (Å²) in [5, 5.41) is 14.6. The third kappa shape index (κ3) is 5.11. The summed E-state index contributed by atoms with van der Waals surface area (Å²) in [6, 6.07) is 9.18. The quantitative estimate of drug-likeness (QED) is 0.260. The molecule has 0 N–H and O–H groups in total. The van der Waals surface area contributed by atoms with Crippen molar-refractivity contribution < 1.29 is 14.3 Å². The number of carbonyl (C=O) groups is 1. The molecule has 1 aliphatic rings. The van der Waals surface area contributed by atoms with Gasteiger partial charge in [0.25, 0.3) is 0 Å². The van der Waals surface area contributed by atoms with Gasteiger partial charge in [0.05, 0.1) is 26.9 Å². The topological polar surface area (TPSA) is 92.0 Å². The summed E-state index contributed by atoms with van der Waals surface area (Å²) in [5.74, 6) is 0.646. The molecule has 1 aromatic carbocycles. The van der Waals surface area contributed by atoms with Crippen LogP contribution in [0.5, 0.6) is 5.75 Å². The number of aromatic nitrogens is 5. The molecule has 0 bridgehead atoms. The summed E-state index contributed by atoms with van der Waals surface area (Å²) in [6.45, 7) is 2.60. The van der Waals surface area contributed by atoms with Gasteiger partial charge < -0.3 is 9.47 Å². The second-order valence-corrected chi connectivity index (χ2v) is 9.26. The fourth-order valence-corrected chi connectivity index (χ4v) is 4.89. The molecule has 10 heteroatoms. The van der Waals surface area contributed by atoms with Crippen molar-refractivity contribution in [3.63, 3.8) is 0 Å². The van der Waals surface area contributed by atoms with Gasteiger partial charge >= 0.3 is 0 Å². The number of pyridine rings is 1. The van der Waals surface area contributed by atoms with E-state index in [1.807, 2.05) is 42.0 Å². The SMILES string of the molecule is CC(Oc1ccc2c(c1)c(/C=C/c1ccc(C=O)nn1)nn2C1CCCCO1)c1c(Cl)cncc1Cl. The first-order chi connectivity index (χ1) is 17.5. The molecule has 3 aromatic heterocycles. The smallest absolute Gasteiger partial charge is 0.170 e. The Morgan fingerprint density at radius 3 is 2.56 bits per heavy atom. The molecule has 0 radical (unpaired) electrons. The number of rotatable bonds is 7. The fraction of sp³-hybridized carbons (Fsp3) is 0.269. The number of ether oxygens (including phenoxy) is 2. The lowest BCUT2D eigenvalue weighted by molar-refractivity contribution is -0.0367. The average molecular weight is 524 g/mol. The van der Waals surface area contributed by atoms with Gasteiger partial charge in [0, 0.05) is 30.0 Å². The minimum absolute atomic E-state index is 0.129. The van der Waals surface area contributed by atoms with Crippen LogP contribution >= 0.6 is 23.2 Å². The summed E-state index contributed by atoms with van der Waals surface area (Å²) in [5.41, 5.74) is 3.24. The van der Waals surface area contributed by atoms with Crippen molar-refractivity contribution in [3.05, 3.63) is 75.4 Å². The van der Waals surface area contributed by atoms with Crippen molar-refractivity contribution >= 4 is 52.5 Å². The van der Waals surface area contributed by atoms with Crippen molar-refractivity contribution in [1.29, 1.82) is 0 Å². The lowest BCUT2D eigenvalue weighted by atomic mass is 10.1. The van der Waals surface area contributed by atoms with Gasteiger partial charge in [0.2, 0.25) is 0 Å². The molecule has 8 nitrogen and oxygen atoms in total. The van der Waals surface area contributed by atoms with Crippen LogP contribution in [0.4, 0.5) is 0 Å².